The zero-order valence-electron chi connectivity index (χ0n) is 22.7. The highest BCUT2D eigenvalue weighted by Crippen LogP contribution is 2.32. The molecule has 2 rings (SSSR count). The molecule has 3 atom stereocenters. The summed E-state index contributed by atoms with van der Waals surface area (Å²) in [7, 11) is 0. The fraction of sp³-hybridized carbons (Fsp3) is 0.519. The highest BCUT2D eigenvalue weighted by molar-refractivity contribution is 6.05. The first-order valence-electron chi connectivity index (χ1n) is 12.8. The van der Waals surface area contributed by atoms with Gasteiger partial charge in [0.05, 0.1) is 31.9 Å². The van der Waals surface area contributed by atoms with E-state index in [1.54, 1.807) is 26.0 Å². The minimum atomic E-state index is -0.912. The third-order valence-corrected chi connectivity index (χ3v) is 6.13. The number of carbonyl (C=O) groups excluding carboxylic acids is 5. The summed E-state index contributed by atoms with van der Waals surface area (Å²) in [6, 6.07) is 5.43. The van der Waals surface area contributed by atoms with E-state index in [1.807, 2.05) is 26.0 Å². The molecule has 4 amide bonds. The summed E-state index contributed by atoms with van der Waals surface area (Å²) in [6.45, 7) is 8.67. The SMILES string of the molecule is CCO/C=C(\CC(=O)OCC)NC(=O)[C@@H]1Cc2ccccc2N1C(=O)CNC(=O)[C@@H](NC(C)=O)[C@@H](C)CC. The first-order valence-corrected chi connectivity index (χ1v) is 12.8. The second-order valence-electron chi connectivity index (χ2n) is 8.96. The number of esters is 1. The summed E-state index contributed by atoms with van der Waals surface area (Å²) in [4.78, 5) is 64.5. The molecule has 0 saturated carbocycles. The molecule has 0 spiro atoms. The Labute approximate surface area is 223 Å². The fourth-order valence-corrected chi connectivity index (χ4v) is 4.09. The Balaban J connectivity index is 2.21. The molecule has 3 N–H and O–H groups in total. The van der Waals surface area contributed by atoms with E-state index >= 15 is 0 Å². The molecule has 0 saturated heterocycles. The van der Waals surface area contributed by atoms with Crippen molar-refractivity contribution in [3.63, 3.8) is 0 Å². The van der Waals surface area contributed by atoms with Gasteiger partial charge in [-0.15, -0.1) is 0 Å². The van der Waals surface area contributed by atoms with Gasteiger partial charge in [0.2, 0.25) is 23.6 Å². The molecule has 0 unspecified atom stereocenters. The maximum absolute atomic E-state index is 13.4. The van der Waals surface area contributed by atoms with Crippen LogP contribution >= 0.6 is 0 Å². The summed E-state index contributed by atoms with van der Waals surface area (Å²) in [6.07, 6.45) is 1.99. The van der Waals surface area contributed by atoms with Gasteiger partial charge in [-0.1, -0.05) is 38.5 Å². The van der Waals surface area contributed by atoms with Crippen LogP contribution < -0.4 is 20.9 Å². The summed E-state index contributed by atoms with van der Waals surface area (Å²) < 4.78 is 10.2. The topological polar surface area (TPSA) is 143 Å². The van der Waals surface area contributed by atoms with Crippen molar-refractivity contribution in [2.24, 2.45) is 5.92 Å². The molecule has 1 aliphatic heterocycles. The number of ether oxygens (including phenoxy) is 2. The van der Waals surface area contributed by atoms with Crippen molar-refractivity contribution in [3.05, 3.63) is 41.8 Å². The molecule has 0 bridgehead atoms. The number of amides is 4. The second-order valence-corrected chi connectivity index (χ2v) is 8.96. The molecule has 1 aromatic rings. The third kappa shape index (κ3) is 8.32. The largest absolute Gasteiger partial charge is 0.500 e. The lowest BCUT2D eigenvalue weighted by molar-refractivity contribution is -0.142. The second kappa shape index (κ2) is 14.7. The van der Waals surface area contributed by atoms with Gasteiger partial charge < -0.3 is 25.4 Å². The number of nitrogens with one attached hydrogen (secondary N) is 3. The standard InChI is InChI=1S/C27H38N4O7/c1-6-17(4)25(29-18(5)32)27(36)28-15-23(33)31-21-12-10-9-11-19(21)13-22(31)26(35)30-20(16-37-7-2)14-24(34)38-8-3/h9-12,16-17,22,25H,6-8,13-15H2,1-5H3,(H,28,36)(H,29,32)(H,30,35)/b20-16+/t17-,22-,25-/m0/s1. The number of benzene rings is 1. The van der Waals surface area contributed by atoms with E-state index in [1.165, 1.54) is 18.1 Å². The van der Waals surface area contributed by atoms with Gasteiger partial charge in [0.1, 0.15) is 18.3 Å². The molecule has 1 heterocycles. The van der Waals surface area contributed by atoms with Crippen LogP contribution in [0.3, 0.4) is 0 Å². The summed E-state index contributed by atoms with van der Waals surface area (Å²) >= 11 is 0. The van der Waals surface area contributed by atoms with Crippen LogP contribution in [0.15, 0.2) is 36.2 Å². The first kappa shape index (κ1) is 30.3. The third-order valence-electron chi connectivity index (χ3n) is 6.13. The smallest absolute Gasteiger partial charge is 0.311 e. The predicted octanol–water partition coefficient (Wildman–Crippen LogP) is 1.56. The molecule has 0 aromatic heterocycles. The average Bonchev–Trinajstić information content (AvgIpc) is 3.28. The van der Waals surface area contributed by atoms with Crippen molar-refractivity contribution in [2.75, 3.05) is 24.7 Å². The predicted molar refractivity (Wildman–Crippen MR) is 141 cm³/mol. The number of para-hydroxylation sites is 1. The minimum absolute atomic E-state index is 0.144. The maximum Gasteiger partial charge on any atom is 0.311 e. The minimum Gasteiger partial charge on any atom is -0.500 e. The Morgan fingerprint density at radius 1 is 1.11 bits per heavy atom. The normalized spacial score (nSPS) is 16.1. The lowest BCUT2D eigenvalue weighted by Gasteiger charge is -2.27. The monoisotopic (exact) mass is 530 g/mol. The van der Waals surface area contributed by atoms with Crippen LogP contribution in [-0.2, 0) is 39.9 Å². The summed E-state index contributed by atoms with van der Waals surface area (Å²) in [5, 5.41) is 7.94. The van der Waals surface area contributed by atoms with Gasteiger partial charge in [0, 0.05) is 19.0 Å². The lowest BCUT2D eigenvalue weighted by Crippen LogP contribution is -2.54. The van der Waals surface area contributed by atoms with Gasteiger partial charge in [-0.3, -0.25) is 28.9 Å². The van der Waals surface area contributed by atoms with E-state index < -0.39 is 35.8 Å². The van der Waals surface area contributed by atoms with Gasteiger partial charge in [-0.05, 0) is 31.4 Å². The average molecular weight is 531 g/mol. The van der Waals surface area contributed by atoms with Crippen molar-refractivity contribution in [3.8, 4) is 0 Å². The van der Waals surface area contributed by atoms with E-state index in [2.05, 4.69) is 16.0 Å². The Morgan fingerprint density at radius 2 is 1.82 bits per heavy atom. The molecule has 0 radical (unpaired) electrons. The molecular weight excluding hydrogens is 492 g/mol. The molecule has 1 aromatic carbocycles. The maximum atomic E-state index is 13.4. The molecule has 38 heavy (non-hydrogen) atoms. The Hall–Kier alpha value is -3.89. The van der Waals surface area contributed by atoms with E-state index in [0.717, 1.165) is 5.56 Å². The number of hydrogen-bond acceptors (Lipinski definition) is 7. The highest BCUT2D eigenvalue weighted by atomic mass is 16.5. The van der Waals surface area contributed by atoms with Crippen LogP contribution in [-0.4, -0.2) is 61.4 Å². The van der Waals surface area contributed by atoms with Crippen LogP contribution in [0.5, 0.6) is 0 Å². The zero-order chi connectivity index (χ0) is 28.2. The Kier molecular flexibility index (Phi) is 11.8. The van der Waals surface area contributed by atoms with Crippen LogP contribution in [0.25, 0.3) is 0 Å². The van der Waals surface area contributed by atoms with Gasteiger partial charge in [0.25, 0.3) is 0 Å². The van der Waals surface area contributed by atoms with E-state index in [0.29, 0.717) is 18.7 Å². The molecule has 0 aliphatic carbocycles. The van der Waals surface area contributed by atoms with Gasteiger partial charge in [-0.2, -0.15) is 0 Å². The number of nitrogens with zero attached hydrogens (tertiary/aromatic N) is 1. The first-order chi connectivity index (χ1) is 18.1. The fourth-order valence-electron chi connectivity index (χ4n) is 4.09. The van der Waals surface area contributed by atoms with Crippen molar-refractivity contribution in [1.82, 2.24) is 16.0 Å². The van der Waals surface area contributed by atoms with Crippen molar-refractivity contribution in [2.45, 2.75) is 66.0 Å². The van der Waals surface area contributed by atoms with Gasteiger partial charge >= 0.3 is 5.97 Å². The summed E-state index contributed by atoms with van der Waals surface area (Å²) in [5.41, 5.74) is 1.57. The zero-order valence-corrected chi connectivity index (χ0v) is 22.7. The quantitative estimate of drug-likeness (QED) is 0.259. The summed E-state index contributed by atoms with van der Waals surface area (Å²) in [5.74, 6) is -2.50. The number of fused-ring (bicyclic) bond motifs is 1. The highest BCUT2D eigenvalue weighted by Gasteiger charge is 2.39. The molecule has 11 nitrogen and oxygen atoms in total. The number of carbonyl (C=O) groups is 5. The number of hydrogen-bond donors (Lipinski definition) is 3. The van der Waals surface area contributed by atoms with Crippen molar-refractivity contribution < 1.29 is 33.4 Å². The van der Waals surface area contributed by atoms with Crippen LogP contribution in [0.1, 0.15) is 53.0 Å². The molecular formula is C27H38N4O7. The molecule has 11 heteroatoms. The lowest BCUT2D eigenvalue weighted by atomic mass is 9.98. The van der Waals surface area contributed by atoms with Crippen LogP contribution in [0.2, 0.25) is 0 Å². The molecule has 0 fully saturated rings. The Morgan fingerprint density at radius 3 is 2.45 bits per heavy atom. The number of rotatable bonds is 13. The van der Waals surface area contributed by atoms with E-state index in [-0.39, 0.29) is 43.5 Å². The van der Waals surface area contributed by atoms with Gasteiger partial charge in [0.15, 0.2) is 0 Å². The number of anilines is 1. The molecule has 1 aliphatic rings. The van der Waals surface area contributed by atoms with E-state index in [9.17, 15) is 24.0 Å². The molecule has 208 valence electrons. The van der Waals surface area contributed by atoms with E-state index in [4.69, 9.17) is 9.47 Å². The Bertz CT molecular complexity index is 1060. The van der Waals surface area contributed by atoms with Crippen molar-refractivity contribution in [1.29, 1.82) is 0 Å². The van der Waals surface area contributed by atoms with Gasteiger partial charge in [-0.25, -0.2) is 0 Å². The van der Waals surface area contributed by atoms with Crippen molar-refractivity contribution >= 4 is 35.3 Å². The van der Waals surface area contributed by atoms with Crippen LogP contribution in [0.4, 0.5) is 5.69 Å². The van der Waals surface area contributed by atoms with Crippen LogP contribution in [0, 0.1) is 5.92 Å².